The molecule has 2 aromatic heterocycles. The van der Waals surface area contributed by atoms with Gasteiger partial charge in [-0.1, -0.05) is 13.0 Å². The van der Waals surface area contributed by atoms with Gasteiger partial charge in [0.1, 0.15) is 10.8 Å². The fourth-order valence-electron chi connectivity index (χ4n) is 2.42. The summed E-state index contributed by atoms with van der Waals surface area (Å²) in [5.41, 5.74) is 9.71. The zero-order valence-corrected chi connectivity index (χ0v) is 13.2. The SMILES string of the molecule is CCCC(=O)Cc1nc2cc(-c3cccnc3)cc(N)c2s1. The number of benzene rings is 1. The number of fused-ring (bicyclic) bond motifs is 1. The number of carbonyl (C=O) groups excluding carboxylic acids is 1. The molecular formula is C17H17N3OS. The highest BCUT2D eigenvalue weighted by atomic mass is 32.1. The predicted molar refractivity (Wildman–Crippen MR) is 90.9 cm³/mol. The molecule has 0 bridgehead atoms. The molecule has 0 unspecified atom stereocenters. The molecule has 0 aliphatic rings. The number of carbonyl (C=O) groups is 1. The second-order valence-electron chi connectivity index (χ2n) is 5.23. The van der Waals surface area contributed by atoms with Gasteiger partial charge < -0.3 is 5.73 Å². The number of nitrogens with zero attached hydrogens (tertiary/aromatic N) is 2. The minimum Gasteiger partial charge on any atom is -0.398 e. The lowest BCUT2D eigenvalue weighted by Gasteiger charge is -2.02. The van der Waals surface area contributed by atoms with Gasteiger partial charge in [-0.2, -0.15) is 0 Å². The molecule has 112 valence electrons. The van der Waals surface area contributed by atoms with E-state index in [2.05, 4.69) is 9.97 Å². The third-order valence-corrected chi connectivity index (χ3v) is 4.56. The van der Waals surface area contributed by atoms with Crippen LogP contribution >= 0.6 is 11.3 Å². The molecule has 0 atom stereocenters. The van der Waals surface area contributed by atoms with Gasteiger partial charge in [-0.3, -0.25) is 9.78 Å². The van der Waals surface area contributed by atoms with Crippen molar-refractivity contribution in [2.75, 3.05) is 5.73 Å². The van der Waals surface area contributed by atoms with E-state index in [9.17, 15) is 4.79 Å². The van der Waals surface area contributed by atoms with Crippen LogP contribution in [-0.2, 0) is 11.2 Å². The minimum atomic E-state index is 0.229. The zero-order chi connectivity index (χ0) is 15.5. The summed E-state index contributed by atoms with van der Waals surface area (Å²) < 4.78 is 0.951. The molecule has 0 spiro atoms. The number of aromatic nitrogens is 2. The van der Waals surface area contributed by atoms with Crippen molar-refractivity contribution in [2.45, 2.75) is 26.2 Å². The zero-order valence-electron chi connectivity index (χ0n) is 12.4. The quantitative estimate of drug-likeness (QED) is 0.727. The van der Waals surface area contributed by atoms with Gasteiger partial charge in [0, 0.05) is 24.4 Å². The largest absolute Gasteiger partial charge is 0.398 e. The van der Waals surface area contributed by atoms with Crippen LogP contribution in [0, 0.1) is 0 Å². The number of pyridine rings is 1. The van der Waals surface area contributed by atoms with Gasteiger partial charge in [-0.05, 0) is 30.2 Å². The third kappa shape index (κ3) is 2.99. The topological polar surface area (TPSA) is 68.9 Å². The van der Waals surface area contributed by atoms with E-state index in [1.807, 2.05) is 31.2 Å². The summed E-state index contributed by atoms with van der Waals surface area (Å²) >= 11 is 1.51. The lowest BCUT2D eigenvalue weighted by Crippen LogP contribution is -2.00. The van der Waals surface area contributed by atoms with E-state index in [0.29, 0.717) is 18.5 Å². The predicted octanol–water partition coefficient (Wildman–Crippen LogP) is 3.85. The van der Waals surface area contributed by atoms with E-state index < -0.39 is 0 Å². The Morgan fingerprint density at radius 1 is 1.32 bits per heavy atom. The minimum absolute atomic E-state index is 0.229. The highest BCUT2D eigenvalue weighted by Crippen LogP contribution is 2.33. The van der Waals surface area contributed by atoms with Gasteiger partial charge in [0.15, 0.2) is 0 Å². The van der Waals surface area contributed by atoms with Crippen LogP contribution in [0.15, 0.2) is 36.7 Å². The molecular weight excluding hydrogens is 294 g/mol. The Bertz CT molecular complexity index is 811. The first kappa shape index (κ1) is 14.7. The molecule has 1 aromatic carbocycles. The summed E-state index contributed by atoms with van der Waals surface area (Å²) in [6.07, 6.45) is 5.42. The Balaban J connectivity index is 1.98. The van der Waals surface area contributed by atoms with E-state index in [4.69, 9.17) is 5.73 Å². The van der Waals surface area contributed by atoms with Crippen LogP contribution in [0.4, 0.5) is 5.69 Å². The maximum atomic E-state index is 11.8. The molecule has 0 amide bonds. The van der Waals surface area contributed by atoms with E-state index in [0.717, 1.165) is 32.8 Å². The standard InChI is InChI=1S/C17H17N3OS/c1-2-4-13(21)9-16-20-15-8-12(7-14(18)17(15)22-16)11-5-3-6-19-10-11/h3,5-8,10H,2,4,9,18H2,1H3. The van der Waals surface area contributed by atoms with Crippen molar-refractivity contribution in [3.8, 4) is 11.1 Å². The monoisotopic (exact) mass is 311 g/mol. The maximum absolute atomic E-state index is 11.8. The van der Waals surface area contributed by atoms with Gasteiger partial charge in [-0.25, -0.2) is 4.98 Å². The van der Waals surface area contributed by atoms with E-state index in [-0.39, 0.29) is 5.78 Å². The summed E-state index contributed by atoms with van der Waals surface area (Å²) in [6.45, 7) is 2.01. The van der Waals surface area contributed by atoms with Crippen LogP contribution < -0.4 is 5.73 Å². The number of thiazole rings is 1. The number of hydrogen-bond donors (Lipinski definition) is 1. The number of rotatable bonds is 5. The Morgan fingerprint density at radius 2 is 2.18 bits per heavy atom. The summed E-state index contributed by atoms with van der Waals surface area (Å²) in [7, 11) is 0. The number of nitrogen functional groups attached to an aromatic ring is 1. The van der Waals surface area contributed by atoms with Gasteiger partial charge >= 0.3 is 0 Å². The fourth-order valence-corrected chi connectivity index (χ4v) is 3.42. The van der Waals surface area contributed by atoms with E-state index >= 15 is 0 Å². The van der Waals surface area contributed by atoms with Crippen molar-refractivity contribution in [3.05, 3.63) is 41.7 Å². The number of hydrogen-bond acceptors (Lipinski definition) is 5. The van der Waals surface area contributed by atoms with Gasteiger partial charge in [0.25, 0.3) is 0 Å². The van der Waals surface area contributed by atoms with Crippen molar-refractivity contribution in [1.29, 1.82) is 0 Å². The van der Waals surface area contributed by atoms with Crippen LogP contribution in [-0.4, -0.2) is 15.8 Å². The Labute approximate surface area is 133 Å². The first-order valence-electron chi connectivity index (χ1n) is 7.28. The lowest BCUT2D eigenvalue weighted by atomic mass is 10.1. The Hall–Kier alpha value is -2.27. The maximum Gasteiger partial charge on any atom is 0.139 e. The molecule has 4 nitrogen and oxygen atoms in total. The highest BCUT2D eigenvalue weighted by Gasteiger charge is 2.12. The first-order valence-corrected chi connectivity index (χ1v) is 8.10. The van der Waals surface area contributed by atoms with Crippen LogP contribution in [0.2, 0.25) is 0 Å². The number of nitrogens with two attached hydrogens (primary N) is 1. The van der Waals surface area contributed by atoms with Crippen molar-refractivity contribution < 1.29 is 4.79 Å². The average Bonchev–Trinajstić information content (AvgIpc) is 2.91. The molecule has 5 heteroatoms. The molecule has 0 aliphatic carbocycles. The second-order valence-corrected chi connectivity index (χ2v) is 6.31. The molecule has 3 aromatic rings. The van der Waals surface area contributed by atoms with Gasteiger partial charge in [0.05, 0.1) is 22.3 Å². The Kier molecular flexibility index (Phi) is 4.15. The highest BCUT2D eigenvalue weighted by molar-refractivity contribution is 7.19. The molecule has 0 aliphatic heterocycles. The van der Waals surface area contributed by atoms with E-state index in [1.165, 1.54) is 11.3 Å². The molecule has 0 radical (unpaired) electrons. The van der Waals surface area contributed by atoms with Crippen LogP contribution in [0.5, 0.6) is 0 Å². The molecule has 0 fully saturated rings. The summed E-state index contributed by atoms with van der Waals surface area (Å²) in [5.74, 6) is 0.229. The molecule has 2 heterocycles. The summed E-state index contributed by atoms with van der Waals surface area (Å²) in [4.78, 5) is 20.5. The van der Waals surface area contributed by atoms with E-state index in [1.54, 1.807) is 12.4 Å². The Morgan fingerprint density at radius 3 is 2.91 bits per heavy atom. The molecule has 0 saturated carbocycles. The molecule has 0 saturated heterocycles. The first-order chi connectivity index (χ1) is 10.7. The molecule has 3 rings (SSSR count). The van der Waals surface area contributed by atoms with Crippen LogP contribution in [0.25, 0.3) is 21.3 Å². The van der Waals surface area contributed by atoms with Gasteiger partial charge in [0.2, 0.25) is 0 Å². The molecule has 22 heavy (non-hydrogen) atoms. The smallest absolute Gasteiger partial charge is 0.139 e. The van der Waals surface area contributed by atoms with Gasteiger partial charge in [-0.15, -0.1) is 11.3 Å². The normalized spacial score (nSPS) is 11.0. The van der Waals surface area contributed by atoms with Crippen molar-refractivity contribution in [3.63, 3.8) is 0 Å². The number of ketones is 1. The van der Waals surface area contributed by atoms with Crippen molar-refractivity contribution in [1.82, 2.24) is 9.97 Å². The third-order valence-electron chi connectivity index (χ3n) is 3.44. The lowest BCUT2D eigenvalue weighted by molar-refractivity contribution is -0.118. The van der Waals surface area contributed by atoms with Crippen molar-refractivity contribution >= 4 is 33.0 Å². The van der Waals surface area contributed by atoms with Crippen molar-refractivity contribution in [2.24, 2.45) is 0 Å². The number of anilines is 1. The second kappa shape index (κ2) is 6.23. The number of Topliss-reactive ketones (excluding diaryl/α,β-unsaturated/α-hetero) is 1. The van der Waals surface area contributed by atoms with Crippen LogP contribution in [0.3, 0.4) is 0 Å². The fraction of sp³-hybridized carbons (Fsp3) is 0.235. The summed E-state index contributed by atoms with van der Waals surface area (Å²) in [5, 5.41) is 0.837. The molecule has 2 N–H and O–H groups in total. The average molecular weight is 311 g/mol. The van der Waals surface area contributed by atoms with Crippen LogP contribution in [0.1, 0.15) is 24.8 Å². The summed E-state index contributed by atoms with van der Waals surface area (Å²) in [6, 6.07) is 7.83.